The molecule has 1 aromatic carbocycles. The number of hydrogen-bond donors (Lipinski definition) is 2. The molecule has 0 bridgehead atoms. The van der Waals surface area contributed by atoms with Crippen LogP contribution in [0.15, 0.2) is 24.3 Å². The van der Waals surface area contributed by atoms with Crippen LogP contribution in [-0.4, -0.2) is 42.0 Å². The minimum Gasteiger partial charge on any atom is -0.480 e. The molecule has 20 heavy (non-hydrogen) atoms. The van der Waals surface area contributed by atoms with Crippen LogP contribution in [0.1, 0.15) is 24.1 Å². The highest BCUT2D eigenvalue weighted by Gasteiger charge is 2.16. The second-order valence-corrected chi connectivity index (χ2v) is 4.62. The number of nitrogens with one attached hydrogen (secondary N) is 1. The monoisotopic (exact) mass is 300 g/mol. The molecule has 0 fully saturated rings. The van der Waals surface area contributed by atoms with Crippen LogP contribution in [0, 0.1) is 6.92 Å². The molecule has 6 heteroatoms. The molecule has 0 radical (unpaired) electrons. The third kappa shape index (κ3) is 5.59. The van der Waals surface area contributed by atoms with Crippen LogP contribution in [-0.2, 0) is 9.59 Å². The second kappa shape index (κ2) is 8.55. The highest BCUT2D eigenvalue weighted by molar-refractivity contribution is 5.85. The van der Waals surface area contributed by atoms with Gasteiger partial charge >= 0.3 is 5.97 Å². The van der Waals surface area contributed by atoms with E-state index in [9.17, 15) is 9.59 Å². The number of aryl methyl sites for hydroxylation is 1. The first-order valence-electron chi connectivity index (χ1n) is 6.16. The molecule has 0 aliphatic rings. The summed E-state index contributed by atoms with van der Waals surface area (Å²) in [6, 6.07) is 8.11. The highest BCUT2D eigenvalue weighted by Crippen LogP contribution is 2.21. The third-order valence-electron chi connectivity index (χ3n) is 3.13. The molecule has 0 aliphatic carbocycles. The molecule has 0 aliphatic heterocycles. The van der Waals surface area contributed by atoms with Crippen molar-refractivity contribution in [2.75, 3.05) is 20.1 Å². The fourth-order valence-electron chi connectivity index (χ4n) is 1.89. The lowest BCUT2D eigenvalue weighted by molar-refractivity contribution is -0.138. The Labute approximate surface area is 125 Å². The van der Waals surface area contributed by atoms with Gasteiger partial charge in [0.05, 0.1) is 6.54 Å². The molecule has 0 saturated carbocycles. The topological polar surface area (TPSA) is 69.6 Å². The average Bonchev–Trinajstić information content (AvgIpc) is 2.36. The van der Waals surface area contributed by atoms with Crippen molar-refractivity contribution in [2.24, 2.45) is 0 Å². The van der Waals surface area contributed by atoms with Gasteiger partial charge in [-0.25, -0.2) is 0 Å². The predicted octanol–water partition coefficient (Wildman–Crippen LogP) is 1.61. The number of carbonyl (C=O) groups is 2. The van der Waals surface area contributed by atoms with Gasteiger partial charge in [0.2, 0.25) is 5.91 Å². The van der Waals surface area contributed by atoms with E-state index in [0.29, 0.717) is 0 Å². The summed E-state index contributed by atoms with van der Waals surface area (Å²) >= 11 is 0. The van der Waals surface area contributed by atoms with Crippen molar-refractivity contribution in [3.63, 3.8) is 0 Å². The maximum atomic E-state index is 11.6. The summed E-state index contributed by atoms with van der Waals surface area (Å²) in [5, 5.41) is 10.8. The minimum absolute atomic E-state index is 0. The van der Waals surface area contributed by atoms with E-state index >= 15 is 0 Å². The van der Waals surface area contributed by atoms with Gasteiger partial charge in [-0.15, -0.1) is 12.4 Å². The Hall–Kier alpha value is -1.59. The summed E-state index contributed by atoms with van der Waals surface area (Å²) in [6.45, 7) is 3.88. The van der Waals surface area contributed by atoms with Gasteiger partial charge in [0.15, 0.2) is 0 Å². The van der Waals surface area contributed by atoms with Crippen LogP contribution in [0.5, 0.6) is 0 Å². The molecule has 1 unspecified atom stereocenters. The maximum absolute atomic E-state index is 11.6. The maximum Gasteiger partial charge on any atom is 0.322 e. The van der Waals surface area contributed by atoms with Crippen LogP contribution >= 0.6 is 12.4 Å². The Morgan fingerprint density at radius 1 is 1.35 bits per heavy atom. The van der Waals surface area contributed by atoms with Gasteiger partial charge in [-0.3, -0.25) is 14.5 Å². The number of amides is 1. The SMILES string of the molecule is Cc1ccccc1C(C)N(C)CC(=O)NCC(=O)O.Cl. The number of rotatable bonds is 6. The second-order valence-electron chi connectivity index (χ2n) is 4.62. The van der Waals surface area contributed by atoms with Gasteiger partial charge in [0.25, 0.3) is 0 Å². The molecule has 1 rings (SSSR count). The van der Waals surface area contributed by atoms with Gasteiger partial charge in [0.1, 0.15) is 6.54 Å². The first-order chi connectivity index (χ1) is 8.91. The standard InChI is InChI=1S/C14H20N2O3.ClH/c1-10-6-4-5-7-12(10)11(2)16(3)9-13(17)15-8-14(18)19;/h4-7,11H,8-9H2,1-3H3,(H,15,17)(H,18,19);1H. The van der Waals surface area contributed by atoms with Gasteiger partial charge in [-0.1, -0.05) is 24.3 Å². The van der Waals surface area contributed by atoms with E-state index < -0.39 is 5.97 Å². The summed E-state index contributed by atoms with van der Waals surface area (Å²) in [5.41, 5.74) is 2.34. The van der Waals surface area contributed by atoms with Crippen molar-refractivity contribution in [1.82, 2.24) is 10.2 Å². The van der Waals surface area contributed by atoms with E-state index in [0.717, 1.165) is 5.56 Å². The Morgan fingerprint density at radius 2 is 1.95 bits per heavy atom. The molecule has 1 atom stereocenters. The Bertz CT molecular complexity index is 465. The molecular weight excluding hydrogens is 280 g/mol. The van der Waals surface area contributed by atoms with E-state index in [1.807, 2.05) is 50.1 Å². The fraction of sp³-hybridized carbons (Fsp3) is 0.429. The number of hydrogen-bond acceptors (Lipinski definition) is 3. The van der Waals surface area contributed by atoms with E-state index in [4.69, 9.17) is 5.11 Å². The third-order valence-corrected chi connectivity index (χ3v) is 3.13. The Morgan fingerprint density at radius 3 is 2.50 bits per heavy atom. The van der Waals surface area contributed by atoms with Gasteiger partial charge in [-0.2, -0.15) is 0 Å². The van der Waals surface area contributed by atoms with Gasteiger partial charge in [-0.05, 0) is 32.0 Å². The van der Waals surface area contributed by atoms with E-state index in [2.05, 4.69) is 5.32 Å². The van der Waals surface area contributed by atoms with Crippen molar-refractivity contribution in [3.05, 3.63) is 35.4 Å². The average molecular weight is 301 g/mol. The molecule has 0 heterocycles. The smallest absolute Gasteiger partial charge is 0.322 e. The van der Waals surface area contributed by atoms with Crippen molar-refractivity contribution in [3.8, 4) is 0 Å². The van der Waals surface area contributed by atoms with Crippen molar-refractivity contribution < 1.29 is 14.7 Å². The first-order valence-corrected chi connectivity index (χ1v) is 6.16. The van der Waals surface area contributed by atoms with Crippen LogP contribution in [0.4, 0.5) is 0 Å². The van der Waals surface area contributed by atoms with Crippen LogP contribution in [0.3, 0.4) is 0 Å². The summed E-state index contributed by atoms with van der Waals surface area (Å²) < 4.78 is 0. The van der Waals surface area contributed by atoms with Crippen molar-refractivity contribution in [1.29, 1.82) is 0 Å². The molecule has 0 saturated heterocycles. The largest absolute Gasteiger partial charge is 0.480 e. The number of halogens is 1. The number of carboxylic acid groups (broad SMARTS) is 1. The number of aliphatic carboxylic acids is 1. The van der Waals surface area contributed by atoms with Crippen molar-refractivity contribution >= 4 is 24.3 Å². The minimum atomic E-state index is -1.04. The predicted molar refractivity (Wildman–Crippen MR) is 80.1 cm³/mol. The molecule has 2 N–H and O–H groups in total. The summed E-state index contributed by atoms with van der Waals surface area (Å²) in [5.74, 6) is -1.33. The highest BCUT2D eigenvalue weighted by atomic mass is 35.5. The zero-order chi connectivity index (χ0) is 14.4. The van der Waals surface area contributed by atoms with E-state index in [1.54, 1.807) is 0 Å². The fourth-order valence-corrected chi connectivity index (χ4v) is 1.89. The molecule has 1 aromatic rings. The quantitative estimate of drug-likeness (QED) is 0.837. The van der Waals surface area contributed by atoms with Crippen LogP contribution in [0.2, 0.25) is 0 Å². The zero-order valence-corrected chi connectivity index (χ0v) is 12.7. The lowest BCUT2D eigenvalue weighted by atomic mass is 10.0. The molecular formula is C14H21ClN2O3. The molecule has 112 valence electrons. The van der Waals surface area contributed by atoms with Crippen LogP contribution in [0.25, 0.3) is 0 Å². The number of carbonyl (C=O) groups excluding carboxylic acids is 1. The number of nitrogens with zero attached hydrogens (tertiary/aromatic N) is 1. The molecule has 0 spiro atoms. The number of carboxylic acids is 1. The lowest BCUT2D eigenvalue weighted by Crippen LogP contribution is -2.38. The summed E-state index contributed by atoms with van der Waals surface area (Å²) in [4.78, 5) is 23.8. The van der Waals surface area contributed by atoms with Crippen LogP contribution < -0.4 is 5.32 Å². The number of benzene rings is 1. The van der Waals surface area contributed by atoms with Gasteiger partial charge in [0, 0.05) is 6.04 Å². The first kappa shape index (κ1) is 18.4. The molecule has 5 nitrogen and oxygen atoms in total. The molecule has 1 amide bonds. The zero-order valence-electron chi connectivity index (χ0n) is 11.9. The summed E-state index contributed by atoms with van der Waals surface area (Å²) in [6.07, 6.45) is 0. The van der Waals surface area contributed by atoms with E-state index in [-0.39, 0.29) is 37.4 Å². The molecule has 0 aromatic heterocycles. The van der Waals surface area contributed by atoms with E-state index in [1.165, 1.54) is 5.56 Å². The Kier molecular flexibility index (Phi) is 7.87. The number of likely N-dealkylation sites (N-methyl/N-ethyl adjacent to an activating group) is 1. The Balaban J connectivity index is 0.00000361. The van der Waals surface area contributed by atoms with Crippen molar-refractivity contribution in [2.45, 2.75) is 19.9 Å². The summed E-state index contributed by atoms with van der Waals surface area (Å²) in [7, 11) is 1.84. The normalized spacial score (nSPS) is 11.6. The lowest BCUT2D eigenvalue weighted by Gasteiger charge is -2.25. The van der Waals surface area contributed by atoms with Gasteiger partial charge < -0.3 is 10.4 Å².